The zero-order valence-corrected chi connectivity index (χ0v) is 9.21. The number of carboxylic acids is 1. The summed E-state index contributed by atoms with van der Waals surface area (Å²) in [6, 6.07) is 0.408. The molecule has 0 radical (unpaired) electrons. The molecule has 1 saturated carbocycles. The van der Waals surface area contributed by atoms with Crippen molar-refractivity contribution < 1.29 is 9.90 Å². The molecule has 1 aromatic rings. The van der Waals surface area contributed by atoms with E-state index in [1.54, 1.807) is 18.6 Å². The summed E-state index contributed by atoms with van der Waals surface area (Å²) in [7, 11) is 0. The number of nitrogens with zero attached hydrogens (tertiary/aromatic N) is 3. The van der Waals surface area contributed by atoms with Gasteiger partial charge in [0, 0.05) is 24.6 Å². The van der Waals surface area contributed by atoms with Crippen molar-refractivity contribution >= 4 is 5.97 Å². The minimum Gasteiger partial charge on any atom is -0.480 e. The van der Waals surface area contributed by atoms with Crippen LogP contribution in [0.4, 0.5) is 0 Å². The van der Waals surface area contributed by atoms with Crippen LogP contribution in [0.5, 0.6) is 0 Å². The first-order chi connectivity index (χ1) is 7.68. The lowest BCUT2D eigenvalue weighted by Crippen LogP contribution is -2.34. The van der Waals surface area contributed by atoms with Gasteiger partial charge in [-0.25, -0.2) is 0 Å². The first kappa shape index (κ1) is 11.0. The minimum absolute atomic E-state index is 0.0114. The van der Waals surface area contributed by atoms with Gasteiger partial charge in [0.15, 0.2) is 0 Å². The molecule has 1 fully saturated rings. The smallest absolute Gasteiger partial charge is 0.317 e. The maximum absolute atomic E-state index is 10.8. The van der Waals surface area contributed by atoms with E-state index in [2.05, 4.69) is 9.97 Å². The van der Waals surface area contributed by atoms with Gasteiger partial charge < -0.3 is 5.11 Å². The summed E-state index contributed by atoms with van der Waals surface area (Å²) in [5.74, 6) is -0.789. The van der Waals surface area contributed by atoms with Gasteiger partial charge >= 0.3 is 5.97 Å². The van der Waals surface area contributed by atoms with Crippen LogP contribution >= 0.6 is 0 Å². The molecule has 0 aromatic carbocycles. The summed E-state index contributed by atoms with van der Waals surface area (Å²) in [4.78, 5) is 21.0. The fourth-order valence-corrected chi connectivity index (χ4v) is 1.84. The Morgan fingerprint density at radius 2 is 2.38 bits per heavy atom. The van der Waals surface area contributed by atoms with E-state index in [0.717, 1.165) is 18.5 Å². The number of hydrogen-bond acceptors (Lipinski definition) is 4. The molecular weight excluding hydrogens is 206 g/mol. The molecule has 86 valence electrons. The van der Waals surface area contributed by atoms with E-state index in [4.69, 9.17) is 5.11 Å². The number of rotatable bonds is 5. The Labute approximate surface area is 94.1 Å². The fourth-order valence-electron chi connectivity index (χ4n) is 1.84. The second kappa shape index (κ2) is 4.57. The van der Waals surface area contributed by atoms with Crippen LogP contribution in [0.25, 0.3) is 0 Å². The molecule has 1 aromatic heterocycles. The second-order valence-electron chi connectivity index (χ2n) is 4.10. The largest absolute Gasteiger partial charge is 0.480 e. The highest BCUT2D eigenvalue weighted by molar-refractivity contribution is 5.69. The van der Waals surface area contributed by atoms with Gasteiger partial charge in [-0.1, -0.05) is 0 Å². The van der Waals surface area contributed by atoms with Crippen LogP contribution < -0.4 is 0 Å². The molecule has 1 heterocycles. The molecule has 5 heteroatoms. The van der Waals surface area contributed by atoms with E-state index in [-0.39, 0.29) is 12.6 Å². The molecule has 0 bridgehead atoms. The lowest BCUT2D eigenvalue weighted by molar-refractivity contribution is -0.139. The zero-order chi connectivity index (χ0) is 11.5. The van der Waals surface area contributed by atoms with Crippen LogP contribution in [0.15, 0.2) is 18.6 Å². The van der Waals surface area contributed by atoms with Crippen molar-refractivity contribution in [3.8, 4) is 0 Å². The van der Waals surface area contributed by atoms with Crippen molar-refractivity contribution in [1.82, 2.24) is 14.9 Å². The number of aromatic nitrogens is 2. The lowest BCUT2D eigenvalue weighted by atomic mass is 10.2. The summed E-state index contributed by atoms with van der Waals surface area (Å²) >= 11 is 0. The Morgan fingerprint density at radius 3 is 2.88 bits per heavy atom. The van der Waals surface area contributed by atoms with Gasteiger partial charge in [0.05, 0.1) is 18.3 Å². The summed E-state index contributed by atoms with van der Waals surface area (Å²) in [6.07, 6.45) is 7.12. The van der Waals surface area contributed by atoms with Crippen molar-refractivity contribution in [1.29, 1.82) is 0 Å². The number of aliphatic carboxylic acids is 1. The average molecular weight is 221 g/mol. The Morgan fingerprint density at radius 1 is 1.62 bits per heavy atom. The molecule has 1 aliphatic rings. The van der Waals surface area contributed by atoms with Crippen LogP contribution in [0, 0.1) is 0 Å². The normalized spacial score (nSPS) is 17.4. The molecule has 1 aliphatic carbocycles. The summed E-state index contributed by atoms with van der Waals surface area (Å²) in [5.41, 5.74) is 0.829. The molecule has 0 unspecified atom stereocenters. The summed E-state index contributed by atoms with van der Waals surface area (Å²) in [5, 5.41) is 8.88. The molecule has 2 rings (SSSR count). The van der Waals surface area contributed by atoms with Crippen molar-refractivity contribution in [2.45, 2.75) is 31.8 Å². The van der Waals surface area contributed by atoms with Crippen molar-refractivity contribution in [3.05, 3.63) is 24.3 Å². The third-order valence-corrected chi connectivity index (χ3v) is 2.84. The molecule has 1 N–H and O–H groups in total. The van der Waals surface area contributed by atoms with E-state index < -0.39 is 5.97 Å². The van der Waals surface area contributed by atoms with Gasteiger partial charge in [-0.05, 0) is 19.8 Å². The van der Waals surface area contributed by atoms with Gasteiger partial charge in [0.25, 0.3) is 0 Å². The van der Waals surface area contributed by atoms with Crippen molar-refractivity contribution in [2.75, 3.05) is 6.54 Å². The minimum atomic E-state index is -0.789. The predicted molar refractivity (Wildman–Crippen MR) is 57.8 cm³/mol. The molecule has 5 nitrogen and oxygen atoms in total. The predicted octanol–water partition coefficient (Wildman–Crippen LogP) is 1.09. The summed E-state index contributed by atoms with van der Waals surface area (Å²) < 4.78 is 0. The monoisotopic (exact) mass is 221 g/mol. The standard InChI is InChI=1S/C11H15N3O2/c1-8(10-6-12-4-5-13-10)14(7-11(15)16)9-2-3-9/h4-6,8-9H,2-3,7H2,1H3,(H,15,16)/t8-/m0/s1. The van der Waals surface area contributed by atoms with Crippen LogP contribution in [-0.4, -0.2) is 38.5 Å². The van der Waals surface area contributed by atoms with E-state index in [1.807, 2.05) is 11.8 Å². The van der Waals surface area contributed by atoms with Gasteiger partial charge in [0.2, 0.25) is 0 Å². The molecule has 1 atom stereocenters. The fraction of sp³-hybridized carbons (Fsp3) is 0.545. The molecular formula is C11H15N3O2. The maximum Gasteiger partial charge on any atom is 0.317 e. The van der Waals surface area contributed by atoms with Gasteiger partial charge in [0.1, 0.15) is 0 Å². The van der Waals surface area contributed by atoms with E-state index in [0.29, 0.717) is 6.04 Å². The van der Waals surface area contributed by atoms with Gasteiger partial charge in [-0.3, -0.25) is 19.7 Å². The quantitative estimate of drug-likeness (QED) is 0.806. The third-order valence-electron chi connectivity index (χ3n) is 2.84. The van der Waals surface area contributed by atoms with E-state index in [9.17, 15) is 4.79 Å². The molecule has 16 heavy (non-hydrogen) atoms. The zero-order valence-electron chi connectivity index (χ0n) is 9.21. The lowest BCUT2D eigenvalue weighted by Gasteiger charge is -2.26. The first-order valence-corrected chi connectivity index (χ1v) is 5.42. The molecule has 0 spiro atoms. The highest BCUT2D eigenvalue weighted by Gasteiger charge is 2.34. The topological polar surface area (TPSA) is 66.3 Å². The third kappa shape index (κ3) is 2.55. The number of carboxylic acid groups (broad SMARTS) is 1. The van der Waals surface area contributed by atoms with Crippen molar-refractivity contribution in [2.24, 2.45) is 0 Å². The number of hydrogen-bond donors (Lipinski definition) is 1. The van der Waals surface area contributed by atoms with Crippen LogP contribution in [0.3, 0.4) is 0 Å². The summed E-state index contributed by atoms with van der Waals surface area (Å²) in [6.45, 7) is 2.05. The van der Waals surface area contributed by atoms with E-state index in [1.165, 1.54) is 0 Å². The van der Waals surface area contributed by atoms with Crippen LogP contribution in [0.2, 0.25) is 0 Å². The Hall–Kier alpha value is -1.49. The molecule has 0 saturated heterocycles. The van der Waals surface area contributed by atoms with Gasteiger partial charge in [-0.15, -0.1) is 0 Å². The molecule has 0 aliphatic heterocycles. The Kier molecular flexibility index (Phi) is 3.14. The van der Waals surface area contributed by atoms with Crippen LogP contribution in [-0.2, 0) is 4.79 Å². The maximum atomic E-state index is 10.8. The van der Waals surface area contributed by atoms with Gasteiger partial charge in [-0.2, -0.15) is 0 Å². The Balaban J connectivity index is 2.10. The Bertz CT molecular complexity index is 365. The highest BCUT2D eigenvalue weighted by Crippen LogP contribution is 2.33. The van der Waals surface area contributed by atoms with Crippen LogP contribution in [0.1, 0.15) is 31.5 Å². The first-order valence-electron chi connectivity index (χ1n) is 5.42. The highest BCUT2D eigenvalue weighted by atomic mass is 16.4. The van der Waals surface area contributed by atoms with Crippen molar-refractivity contribution in [3.63, 3.8) is 0 Å². The second-order valence-corrected chi connectivity index (χ2v) is 4.10. The molecule has 0 amide bonds. The SMILES string of the molecule is C[C@@H](c1cnccn1)N(CC(=O)O)C1CC1. The number of carbonyl (C=O) groups is 1. The average Bonchev–Trinajstić information content (AvgIpc) is 3.10. The van der Waals surface area contributed by atoms with E-state index >= 15 is 0 Å².